The number of benzene rings is 1. The summed E-state index contributed by atoms with van der Waals surface area (Å²) in [5, 5.41) is 11.5. The SMILES string of the molecule is Cc1cccc(OC(C)C(=O)NC2(C(=O)O)CC2)c1. The highest BCUT2D eigenvalue weighted by molar-refractivity contribution is 5.91. The second-order valence-corrected chi connectivity index (χ2v) is 4.95. The predicted octanol–water partition coefficient (Wildman–Crippen LogP) is 1.50. The van der Waals surface area contributed by atoms with Crippen LogP contribution in [0.1, 0.15) is 25.3 Å². The molecule has 1 aromatic rings. The predicted molar refractivity (Wildman–Crippen MR) is 69.0 cm³/mol. The summed E-state index contributed by atoms with van der Waals surface area (Å²) in [5.41, 5.74) is -0.0318. The van der Waals surface area contributed by atoms with Gasteiger partial charge in [-0.3, -0.25) is 4.79 Å². The molecule has 2 rings (SSSR count). The molecule has 0 spiro atoms. The van der Waals surface area contributed by atoms with Gasteiger partial charge in [0.1, 0.15) is 11.3 Å². The Hall–Kier alpha value is -2.04. The number of carbonyl (C=O) groups excluding carboxylic acids is 1. The fourth-order valence-corrected chi connectivity index (χ4v) is 1.80. The van der Waals surface area contributed by atoms with E-state index in [-0.39, 0.29) is 0 Å². The van der Waals surface area contributed by atoms with E-state index in [1.54, 1.807) is 13.0 Å². The van der Waals surface area contributed by atoms with Gasteiger partial charge in [-0.05, 0) is 44.4 Å². The molecular formula is C14H17NO4. The summed E-state index contributed by atoms with van der Waals surface area (Å²) in [6.07, 6.45) is 0.231. The van der Waals surface area contributed by atoms with E-state index in [1.807, 2.05) is 25.1 Å². The Kier molecular flexibility index (Phi) is 3.46. The molecular weight excluding hydrogens is 246 g/mol. The smallest absolute Gasteiger partial charge is 0.329 e. The third kappa shape index (κ3) is 3.05. The van der Waals surface area contributed by atoms with Crippen LogP contribution in [-0.4, -0.2) is 28.6 Å². The third-order valence-corrected chi connectivity index (χ3v) is 3.19. The van der Waals surface area contributed by atoms with Crippen LogP contribution >= 0.6 is 0 Å². The lowest BCUT2D eigenvalue weighted by Crippen LogP contribution is -2.48. The minimum absolute atomic E-state index is 0.401. The summed E-state index contributed by atoms with van der Waals surface area (Å²) in [6, 6.07) is 7.37. The van der Waals surface area contributed by atoms with Crippen molar-refractivity contribution < 1.29 is 19.4 Å². The summed E-state index contributed by atoms with van der Waals surface area (Å²) in [5.74, 6) is -0.784. The summed E-state index contributed by atoms with van der Waals surface area (Å²) in [6.45, 7) is 3.54. The lowest BCUT2D eigenvalue weighted by atomic mass is 10.2. The fourth-order valence-electron chi connectivity index (χ4n) is 1.80. The van der Waals surface area contributed by atoms with Crippen molar-refractivity contribution in [2.24, 2.45) is 0 Å². The quantitative estimate of drug-likeness (QED) is 0.844. The molecule has 5 heteroatoms. The number of carbonyl (C=O) groups is 2. The summed E-state index contributed by atoms with van der Waals surface area (Å²) < 4.78 is 5.51. The van der Waals surface area contributed by atoms with Gasteiger partial charge in [-0.1, -0.05) is 12.1 Å². The monoisotopic (exact) mass is 263 g/mol. The third-order valence-electron chi connectivity index (χ3n) is 3.19. The normalized spacial score (nSPS) is 17.4. The van der Waals surface area contributed by atoms with E-state index in [0.717, 1.165) is 5.56 Å². The van der Waals surface area contributed by atoms with E-state index in [0.29, 0.717) is 18.6 Å². The molecule has 1 fully saturated rings. The van der Waals surface area contributed by atoms with Crippen LogP contribution in [0, 0.1) is 6.92 Å². The molecule has 0 heterocycles. The van der Waals surface area contributed by atoms with Gasteiger partial charge in [0.25, 0.3) is 5.91 Å². The fraction of sp³-hybridized carbons (Fsp3) is 0.429. The van der Waals surface area contributed by atoms with Gasteiger partial charge < -0.3 is 15.2 Å². The highest BCUT2D eigenvalue weighted by Gasteiger charge is 2.52. The Bertz CT molecular complexity index is 508. The molecule has 0 radical (unpaired) electrons. The van der Waals surface area contributed by atoms with Crippen LogP contribution in [0.25, 0.3) is 0 Å². The van der Waals surface area contributed by atoms with Crippen LogP contribution < -0.4 is 10.1 Å². The first-order valence-corrected chi connectivity index (χ1v) is 6.22. The lowest BCUT2D eigenvalue weighted by molar-refractivity contribution is -0.144. The Morgan fingerprint density at radius 3 is 2.63 bits per heavy atom. The number of rotatable bonds is 5. The molecule has 2 N–H and O–H groups in total. The number of carboxylic acid groups (broad SMARTS) is 1. The van der Waals surface area contributed by atoms with Crippen molar-refractivity contribution in [1.29, 1.82) is 0 Å². The number of amides is 1. The number of nitrogens with one attached hydrogen (secondary N) is 1. The van der Waals surface area contributed by atoms with E-state index in [2.05, 4.69) is 5.32 Å². The van der Waals surface area contributed by atoms with E-state index in [4.69, 9.17) is 9.84 Å². The topological polar surface area (TPSA) is 75.6 Å². The molecule has 1 aliphatic rings. The molecule has 1 saturated carbocycles. The lowest BCUT2D eigenvalue weighted by Gasteiger charge is -2.18. The van der Waals surface area contributed by atoms with E-state index < -0.39 is 23.5 Å². The average molecular weight is 263 g/mol. The molecule has 102 valence electrons. The van der Waals surface area contributed by atoms with Crippen LogP contribution in [0.15, 0.2) is 24.3 Å². The van der Waals surface area contributed by atoms with Gasteiger partial charge in [-0.2, -0.15) is 0 Å². The second-order valence-electron chi connectivity index (χ2n) is 4.95. The first-order valence-electron chi connectivity index (χ1n) is 6.22. The van der Waals surface area contributed by atoms with E-state index in [1.165, 1.54) is 0 Å². The zero-order valence-electron chi connectivity index (χ0n) is 11.0. The largest absolute Gasteiger partial charge is 0.481 e. The molecule has 0 aliphatic heterocycles. The maximum atomic E-state index is 11.9. The number of aryl methyl sites for hydroxylation is 1. The summed E-state index contributed by atoms with van der Waals surface area (Å²) in [7, 11) is 0. The molecule has 1 aliphatic carbocycles. The maximum absolute atomic E-state index is 11.9. The van der Waals surface area contributed by atoms with Gasteiger partial charge in [-0.15, -0.1) is 0 Å². The van der Waals surface area contributed by atoms with Gasteiger partial charge in [0.15, 0.2) is 6.10 Å². The standard InChI is InChI=1S/C14H17NO4/c1-9-4-3-5-11(8-9)19-10(2)12(16)15-14(6-7-14)13(17)18/h3-5,8,10H,6-7H2,1-2H3,(H,15,16)(H,17,18). The van der Waals surface area contributed by atoms with Gasteiger partial charge in [0.05, 0.1) is 0 Å². The van der Waals surface area contributed by atoms with Crippen molar-refractivity contribution in [1.82, 2.24) is 5.32 Å². The van der Waals surface area contributed by atoms with Gasteiger partial charge >= 0.3 is 5.97 Å². The van der Waals surface area contributed by atoms with Crippen molar-refractivity contribution >= 4 is 11.9 Å². The number of hydrogen-bond acceptors (Lipinski definition) is 3. The zero-order valence-corrected chi connectivity index (χ0v) is 11.0. The maximum Gasteiger partial charge on any atom is 0.329 e. The number of aliphatic carboxylic acids is 1. The zero-order chi connectivity index (χ0) is 14.0. The average Bonchev–Trinajstić information content (AvgIpc) is 3.10. The van der Waals surface area contributed by atoms with E-state index >= 15 is 0 Å². The molecule has 1 amide bonds. The Morgan fingerprint density at radius 1 is 1.42 bits per heavy atom. The van der Waals surface area contributed by atoms with Crippen molar-refractivity contribution in [3.8, 4) is 5.75 Å². The summed E-state index contributed by atoms with van der Waals surface area (Å²) in [4.78, 5) is 22.9. The minimum atomic E-state index is -1.07. The second kappa shape index (κ2) is 4.91. The van der Waals surface area contributed by atoms with Crippen molar-refractivity contribution in [3.63, 3.8) is 0 Å². The summed E-state index contributed by atoms with van der Waals surface area (Å²) >= 11 is 0. The molecule has 1 atom stereocenters. The Balaban J connectivity index is 1.95. The highest BCUT2D eigenvalue weighted by atomic mass is 16.5. The van der Waals surface area contributed by atoms with Gasteiger partial charge in [0.2, 0.25) is 0 Å². The highest BCUT2D eigenvalue weighted by Crippen LogP contribution is 2.35. The first kappa shape index (κ1) is 13.4. The van der Waals surface area contributed by atoms with Crippen LogP contribution in [0.3, 0.4) is 0 Å². The van der Waals surface area contributed by atoms with Gasteiger partial charge in [-0.25, -0.2) is 4.79 Å². The molecule has 19 heavy (non-hydrogen) atoms. The molecule has 0 bridgehead atoms. The van der Waals surface area contributed by atoms with Gasteiger partial charge in [0, 0.05) is 0 Å². The first-order chi connectivity index (χ1) is 8.93. The Morgan fingerprint density at radius 2 is 2.11 bits per heavy atom. The van der Waals surface area contributed by atoms with Crippen LogP contribution in [-0.2, 0) is 9.59 Å². The molecule has 5 nitrogen and oxygen atoms in total. The van der Waals surface area contributed by atoms with Crippen LogP contribution in [0.2, 0.25) is 0 Å². The van der Waals surface area contributed by atoms with Crippen molar-refractivity contribution in [2.45, 2.75) is 38.3 Å². The molecule has 1 unspecified atom stereocenters. The van der Waals surface area contributed by atoms with Crippen LogP contribution in [0.4, 0.5) is 0 Å². The van der Waals surface area contributed by atoms with E-state index in [9.17, 15) is 9.59 Å². The minimum Gasteiger partial charge on any atom is -0.481 e. The van der Waals surface area contributed by atoms with Crippen molar-refractivity contribution in [2.75, 3.05) is 0 Å². The Labute approximate surface area is 111 Å². The molecule has 0 saturated heterocycles. The van der Waals surface area contributed by atoms with Crippen molar-refractivity contribution in [3.05, 3.63) is 29.8 Å². The van der Waals surface area contributed by atoms with Crippen LogP contribution in [0.5, 0.6) is 5.75 Å². The number of carboxylic acids is 1. The molecule has 0 aromatic heterocycles. The number of ether oxygens (including phenoxy) is 1. The molecule has 1 aromatic carbocycles. The number of hydrogen-bond donors (Lipinski definition) is 2.